The Hall–Kier alpha value is -3.01. The Labute approximate surface area is 164 Å². The van der Waals surface area contributed by atoms with Gasteiger partial charge in [-0.2, -0.15) is 0 Å². The molecule has 0 atom stereocenters. The number of hydrogen-bond donors (Lipinski definition) is 2. The third kappa shape index (κ3) is 4.45. The summed E-state index contributed by atoms with van der Waals surface area (Å²) >= 11 is 1.36. The standard InChI is InChI=1S/C18H20N4O5S/c1-3-7-22-16(24)20-21-17(22)28-10-11-8-15(23)27-14-9-12(5-6-13(11)14)19-18(25)26-4-2/h5-6,8-9H,3-4,7,10H2,1-2H3,(H,19,25)(H,20,24). The fourth-order valence-electron chi connectivity index (χ4n) is 2.69. The van der Waals surface area contributed by atoms with Crippen LogP contribution in [0.5, 0.6) is 0 Å². The van der Waals surface area contributed by atoms with Crippen LogP contribution in [0.2, 0.25) is 0 Å². The molecule has 148 valence electrons. The van der Waals surface area contributed by atoms with Crippen molar-refractivity contribution in [2.24, 2.45) is 0 Å². The molecular formula is C18H20N4O5S. The second-order valence-corrected chi connectivity index (χ2v) is 6.84. The number of nitrogens with one attached hydrogen (secondary N) is 2. The van der Waals surface area contributed by atoms with Gasteiger partial charge in [0.25, 0.3) is 0 Å². The largest absolute Gasteiger partial charge is 0.450 e. The third-order valence-electron chi connectivity index (χ3n) is 3.88. The summed E-state index contributed by atoms with van der Waals surface area (Å²) in [5.74, 6) is 0.431. The van der Waals surface area contributed by atoms with E-state index in [1.54, 1.807) is 29.7 Å². The molecule has 0 spiro atoms. The summed E-state index contributed by atoms with van der Waals surface area (Å²) in [5.41, 5.74) is 0.812. The Morgan fingerprint density at radius 1 is 1.32 bits per heavy atom. The third-order valence-corrected chi connectivity index (χ3v) is 4.90. The van der Waals surface area contributed by atoms with E-state index in [2.05, 4.69) is 15.5 Å². The lowest BCUT2D eigenvalue weighted by atomic mass is 10.1. The van der Waals surface area contributed by atoms with Crippen molar-refractivity contribution >= 4 is 34.5 Å². The Balaban J connectivity index is 1.86. The summed E-state index contributed by atoms with van der Waals surface area (Å²) in [7, 11) is 0. The number of ether oxygens (including phenoxy) is 1. The normalized spacial score (nSPS) is 10.9. The van der Waals surface area contributed by atoms with Crippen molar-refractivity contribution in [2.75, 3.05) is 11.9 Å². The number of hydrogen-bond acceptors (Lipinski definition) is 7. The number of aromatic nitrogens is 3. The van der Waals surface area contributed by atoms with Crippen LogP contribution in [0.1, 0.15) is 25.8 Å². The van der Waals surface area contributed by atoms with E-state index in [0.29, 0.717) is 28.7 Å². The SMILES string of the molecule is CCCn1c(SCc2cc(=O)oc3cc(NC(=O)OCC)ccc23)n[nH]c1=O. The van der Waals surface area contributed by atoms with Gasteiger partial charge in [-0.05, 0) is 31.0 Å². The molecule has 0 saturated heterocycles. The molecule has 0 fully saturated rings. The predicted octanol–water partition coefficient (Wildman–Crippen LogP) is 2.95. The van der Waals surface area contributed by atoms with E-state index >= 15 is 0 Å². The van der Waals surface area contributed by atoms with E-state index in [0.717, 1.165) is 17.4 Å². The minimum absolute atomic E-state index is 0.253. The number of carbonyl (C=O) groups excluding carboxylic acids is 1. The predicted molar refractivity (Wildman–Crippen MR) is 106 cm³/mol. The van der Waals surface area contributed by atoms with Crippen molar-refractivity contribution in [1.82, 2.24) is 14.8 Å². The van der Waals surface area contributed by atoms with Crippen LogP contribution in [0.4, 0.5) is 10.5 Å². The van der Waals surface area contributed by atoms with Gasteiger partial charge >= 0.3 is 17.4 Å². The van der Waals surface area contributed by atoms with E-state index < -0.39 is 11.7 Å². The summed E-state index contributed by atoms with van der Waals surface area (Å²) < 4.78 is 11.7. The minimum atomic E-state index is -0.580. The summed E-state index contributed by atoms with van der Waals surface area (Å²) in [6.07, 6.45) is 0.226. The maximum Gasteiger partial charge on any atom is 0.411 e. The highest BCUT2D eigenvalue weighted by Gasteiger charge is 2.12. The first-order chi connectivity index (χ1) is 13.5. The van der Waals surface area contributed by atoms with E-state index in [1.807, 2.05) is 6.92 Å². The molecular weight excluding hydrogens is 384 g/mol. The highest BCUT2D eigenvalue weighted by atomic mass is 32.2. The van der Waals surface area contributed by atoms with E-state index in [1.165, 1.54) is 17.8 Å². The van der Waals surface area contributed by atoms with Crippen molar-refractivity contribution in [3.05, 3.63) is 50.7 Å². The number of anilines is 1. The Morgan fingerprint density at radius 2 is 2.14 bits per heavy atom. The smallest absolute Gasteiger partial charge is 0.411 e. The lowest BCUT2D eigenvalue weighted by molar-refractivity contribution is 0.168. The second kappa shape index (κ2) is 8.79. The molecule has 0 saturated carbocycles. The Bertz CT molecular complexity index is 1100. The quantitative estimate of drug-likeness (QED) is 0.459. The number of amides is 1. The summed E-state index contributed by atoms with van der Waals surface area (Å²) in [5, 5.41) is 10.4. The summed E-state index contributed by atoms with van der Waals surface area (Å²) in [4.78, 5) is 35.3. The van der Waals surface area contributed by atoms with Crippen LogP contribution in [0.25, 0.3) is 11.0 Å². The van der Waals surface area contributed by atoms with E-state index in [-0.39, 0.29) is 12.3 Å². The number of nitrogens with zero attached hydrogens (tertiary/aromatic N) is 2. The van der Waals surface area contributed by atoms with Crippen molar-refractivity contribution in [1.29, 1.82) is 0 Å². The van der Waals surface area contributed by atoms with Crippen LogP contribution in [-0.4, -0.2) is 27.5 Å². The zero-order chi connectivity index (χ0) is 20.1. The van der Waals surface area contributed by atoms with Crippen LogP contribution in [0, 0.1) is 0 Å². The van der Waals surface area contributed by atoms with Crippen molar-refractivity contribution in [3.8, 4) is 0 Å². The lowest BCUT2D eigenvalue weighted by Gasteiger charge is -2.08. The average molecular weight is 404 g/mol. The Kier molecular flexibility index (Phi) is 6.19. The molecule has 2 N–H and O–H groups in total. The maximum absolute atomic E-state index is 12.0. The van der Waals surface area contributed by atoms with Gasteiger partial charge in [0.05, 0.1) is 6.61 Å². The molecule has 0 radical (unpaired) electrons. The van der Waals surface area contributed by atoms with Gasteiger partial charge in [-0.3, -0.25) is 9.88 Å². The number of fused-ring (bicyclic) bond motifs is 1. The van der Waals surface area contributed by atoms with Gasteiger partial charge < -0.3 is 9.15 Å². The van der Waals surface area contributed by atoms with Gasteiger partial charge in [0, 0.05) is 35.5 Å². The average Bonchev–Trinajstić information content (AvgIpc) is 3.00. The van der Waals surface area contributed by atoms with E-state index in [4.69, 9.17) is 9.15 Å². The van der Waals surface area contributed by atoms with Crippen LogP contribution < -0.4 is 16.6 Å². The number of rotatable bonds is 7. The van der Waals surface area contributed by atoms with Gasteiger partial charge in [-0.25, -0.2) is 19.5 Å². The molecule has 3 aromatic rings. The summed E-state index contributed by atoms with van der Waals surface area (Å²) in [6, 6.07) is 6.46. The molecule has 0 unspecified atom stereocenters. The first-order valence-electron chi connectivity index (χ1n) is 8.80. The molecule has 0 aliphatic heterocycles. The Morgan fingerprint density at radius 3 is 2.89 bits per heavy atom. The van der Waals surface area contributed by atoms with Crippen molar-refractivity contribution < 1.29 is 13.9 Å². The summed E-state index contributed by atoms with van der Waals surface area (Å²) in [6.45, 7) is 4.51. The molecule has 10 heteroatoms. The fourth-order valence-corrected chi connectivity index (χ4v) is 3.65. The monoisotopic (exact) mass is 404 g/mol. The second-order valence-electron chi connectivity index (χ2n) is 5.90. The molecule has 0 aliphatic rings. The first-order valence-corrected chi connectivity index (χ1v) is 9.79. The zero-order valence-corrected chi connectivity index (χ0v) is 16.3. The molecule has 3 rings (SSSR count). The fraction of sp³-hybridized carbons (Fsp3) is 0.333. The van der Waals surface area contributed by atoms with Crippen LogP contribution in [0.3, 0.4) is 0 Å². The molecule has 9 nitrogen and oxygen atoms in total. The maximum atomic E-state index is 12.0. The number of aromatic amines is 1. The number of thioether (sulfide) groups is 1. The highest BCUT2D eigenvalue weighted by Crippen LogP contribution is 2.26. The lowest BCUT2D eigenvalue weighted by Crippen LogP contribution is -2.17. The topological polar surface area (TPSA) is 119 Å². The van der Waals surface area contributed by atoms with Gasteiger partial charge in [0.15, 0.2) is 5.16 Å². The molecule has 0 bridgehead atoms. The van der Waals surface area contributed by atoms with Crippen molar-refractivity contribution in [2.45, 2.75) is 37.7 Å². The molecule has 2 heterocycles. The van der Waals surface area contributed by atoms with Gasteiger partial charge in [-0.15, -0.1) is 5.10 Å². The number of carbonyl (C=O) groups is 1. The number of benzene rings is 1. The van der Waals surface area contributed by atoms with Gasteiger partial charge in [0.2, 0.25) is 0 Å². The molecule has 1 amide bonds. The highest BCUT2D eigenvalue weighted by molar-refractivity contribution is 7.98. The van der Waals surface area contributed by atoms with Crippen LogP contribution >= 0.6 is 11.8 Å². The van der Waals surface area contributed by atoms with E-state index in [9.17, 15) is 14.4 Å². The molecule has 1 aromatic carbocycles. The molecule has 0 aliphatic carbocycles. The van der Waals surface area contributed by atoms with Crippen LogP contribution in [0.15, 0.2) is 43.4 Å². The molecule has 28 heavy (non-hydrogen) atoms. The van der Waals surface area contributed by atoms with Crippen molar-refractivity contribution in [3.63, 3.8) is 0 Å². The minimum Gasteiger partial charge on any atom is -0.450 e. The van der Waals surface area contributed by atoms with Gasteiger partial charge in [0.1, 0.15) is 5.58 Å². The first kappa shape index (κ1) is 19.7. The number of H-pyrrole nitrogens is 1. The zero-order valence-electron chi connectivity index (χ0n) is 15.5. The van der Waals surface area contributed by atoms with Gasteiger partial charge in [-0.1, -0.05) is 18.7 Å². The van der Waals surface area contributed by atoms with Crippen LogP contribution in [-0.2, 0) is 17.0 Å². The molecule has 2 aromatic heterocycles.